The van der Waals surface area contributed by atoms with E-state index < -0.39 is 26.4 Å². The number of rotatable bonds is 5. The average Bonchev–Trinajstić information content (AvgIpc) is 3.05. The molecule has 0 aliphatic heterocycles. The normalized spacial score (nSPS) is 14.3. The number of para-hydroxylation sites is 1. The third-order valence-electron chi connectivity index (χ3n) is 4.27. The summed E-state index contributed by atoms with van der Waals surface area (Å²) in [4.78, 5) is 12.5. The van der Waals surface area contributed by atoms with E-state index in [4.69, 9.17) is 4.42 Å². The third kappa shape index (κ3) is 3.76. The van der Waals surface area contributed by atoms with E-state index in [1.807, 2.05) is 4.72 Å². The second-order valence-electron chi connectivity index (χ2n) is 6.01. The quantitative estimate of drug-likeness (QED) is 0.470. The molecular formula is C18H16BrFN2O4S. The maximum absolute atomic E-state index is 13.2. The monoisotopic (exact) mass is 454 g/mol. The van der Waals surface area contributed by atoms with Crippen molar-refractivity contribution in [3.05, 3.63) is 71.7 Å². The summed E-state index contributed by atoms with van der Waals surface area (Å²) in [7, 11) is -2.91. The van der Waals surface area contributed by atoms with Gasteiger partial charge in [0, 0.05) is 12.4 Å². The van der Waals surface area contributed by atoms with Crippen molar-refractivity contribution < 1.29 is 22.0 Å². The van der Waals surface area contributed by atoms with Crippen molar-refractivity contribution >= 4 is 43.0 Å². The summed E-state index contributed by atoms with van der Waals surface area (Å²) in [6, 6.07) is 12.2. The van der Waals surface area contributed by atoms with Crippen LogP contribution >= 0.6 is 15.9 Å². The summed E-state index contributed by atoms with van der Waals surface area (Å²) in [5, 5.41) is 0.507. The van der Waals surface area contributed by atoms with Gasteiger partial charge in [-0.2, -0.15) is 12.7 Å². The van der Waals surface area contributed by atoms with Crippen LogP contribution in [0.4, 0.5) is 4.39 Å². The zero-order chi connectivity index (χ0) is 19.8. The van der Waals surface area contributed by atoms with Crippen LogP contribution in [0.2, 0.25) is 0 Å². The molecule has 1 N–H and O–H groups in total. The Morgan fingerprint density at radius 1 is 1.19 bits per heavy atom. The highest BCUT2D eigenvalue weighted by atomic mass is 79.9. The van der Waals surface area contributed by atoms with Gasteiger partial charge in [-0.1, -0.05) is 46.3 Å². The highest BCUT2D eigenvalue weighted by Crippen LogP contribution is 2.35. The Kier molecular flexibility index (Phi) is 5.11. The van der Waals surface area contributed by atoms with Crippen molar-refractivity contribution in [1.29, 1.82) is 0 Å². The number of benzene rings is 2. The number of nitrogens with zero attached hydrogens (tertiary/aromatic N) is 1. The summed E-state index contributed by atoms with van der Waals surface area (Å²) >= 11 is 3.35. The summed E-state index contributed by atoms with van der Waals surface area (Å²) in [6.45, 7) is 1.58. The Balaban J connectivity index is 1.87. The number of fused-ring (bicyclic) bond motifs is 1. The molecule has 0 radical (unpaired) electrons. The number of nitrogens with one attached hydrogen (secondary N) is 1. The minimum atomic E-state index is -4.22. The molecule has 3 aromatic rings. The first kappa shape index (κ1) is 19.5. The van der Waals surface area contributed by atoms with Gasteiger partial charge >= 0.3 is 10.2 Å². The first-order valence-electron chi connectivity index (χ1n) is 7.85. The van der Waals surface area contributed by atoms with Crippen molar-refractivity contribution in [2.75, 3.05) is 7.05 Å². The molecule has 3 rings (SSSR count). The lowest BCUT2D eigenvalue weighted by Crippen LogP contribution is -2.48. The van der Waals surface area contributed by atoms with Crippen molar-refractivity contribution in [1.82, 2.24) is 9.03 Å². The molecule has 1 aromatic heterocycles. The van der Waals surface area contributed by atoms with Crippen LogP contribution in [-0.4, -0.2) is 25.7 Å². The average molecular weight is 455 g/mol. The zero-order valence-electron chi connectivity index (χ0n) is 14.4. The molecule has 0 saturated carbocycles. The van der Waals surface area contributed by atoms with Crippen LogP contribution in [0.15, 0.2) is 59.2 Å². The Morgan fingerprint density at radius 3 is 2.48 bits per heavy atom. The minimum absolute atomic E-state index is 0.112. The van der Waals surface area contributed by atoms with Crippen LogP contribution in [0.1, 0.15) is 22.8 Å². The van der Waals surface area contributed by atoms with Crippen LogP contribution in [-0.2, 0) is 14.7 Å². The van der Waals surface area contributed by atoms with Gasteiger partial charge in [0.1, 0.15) is 22.1 Å². The molecule has 142 valence electrons. The number of carbonyl (C=O) groups excluding carboxylic acids is 1. The molecule has 9 heteroatoms. The second-order valence-corrected chi connectivity index (χ2v) is 9.26. The molecule has 0 saturated heterocycles. The topological polar surface area (TPSA) is 79.6 Å². The van der Waals surface area contributed by atoms with Gasteiger partial charge in [-0.3, -0.25) is 4.79 Å². The van der Waals surface area contributed by atoms with Gasteiger partial charge in [-0.25, -0.2) is 9.11 Å². The van der Waals surface area contributed by atoms with E-state index in [2.05, 4.69) is 15.9 Å². The van der Waals surface area contributed by atoms with Gasteiger partial charge in [0.15, 0.2) is 0 Å². The number of furan rings is 1. The second kappa shape index (κ2) is 7.06. The Labute approximate surface area is 164 Å². The summed E-state index contributed by atoms with van der Waals surface area (Å²) in [5.41, 5.74) is 1.09. The van der Waals surface area contributed by atoms with Crippen LogP contribution in [0.5, 0.6) is 0 Å². The highest BCUT2D eigenvalue weighted by molar-refractivity contribution is 9.09. The third-order valence-corrected chi connectivity index (χ3v) is 7.02. The fourth-order valence-corrected chi connectivity index (χ4v) is 4.43. The highest BCUT2D eigenvalue weighted by Gasteiger charge is 2.37. The molecule has 1 unspecified atom stereocenters. The maximum Gasteiger partial charge on any atom is 0.305 e. The number of hydrogen-bond acceptors (Lipinski definition) is 4. The lowest BCUT2D eigenvalue weighted by Gasteiger charge is -2.32. The molecule has 1 amide bonds. The largest absolute Gasteiger partial charge is 0.463 e. The van der Waals surface area contributed by atoms with Gasteiger partial charge in [0.25, 0.3) is 5.91 Å². The van der Waals surface area contributed by atoms with Gasteiger partial charge in [0.05, 0.1) is 5.56 Å². The van der Waals surface area contributed by atoms with Gasteiger partial charge in [0.2, 0.25) is 0 Å². The van der Waals surface area contributed by atoms with Crippen LogP contribution in [0.25, 0.3) is 11.0 Å². The molecule has 0 bridgehead atoms. The zero-order valence-corrected chi connectivity index (χ0v) is 16.8. The predicted octanol–water partition coefficient (Wildman–Crippen LogP) is 3.75. The van der Waals surface area contributed by atoms with Crippen molar-refractivity contribution in [2.24, 2.45) is 0 Å². The van der Waals surface area contributed by atoms with Gasteiger partial charge in [-0.05, 0) is 30.7 Å². The van der Waals surface area contributed by atoms with Crippen LogP contribution in [0, 0.1) is 5.82 Å². The Hall–Kier alpha value is -2.23. The standard InChI is InChI=1S/C18H16BrFN2O4S/c1-18(19,12-7-9-13(20)10-8-12)22(2)27(24,25)21-17(23)15-11-26-16-6-4-3-5-14(15)16/h3-11H,1-2H3,(H,21,23). The fourth-order valence-electron chi connectivity index (χ4n) is 2.56. The van der Waals surface area contributed by atoms with Crippen molar-refractivity contribution in [3.8, 4) is 0 Å². The molecule has 0 fully saturated rings. The number of amides is 1. The maximum atomic E-state index is 13.2. The lowest BCUT2D eigenvalue weighted by molar-refractivity contribution is 0.0979. The van der Waals surface area contributed by atoms with Crippen molar-refractivity contribution in [2.45, 2.75) is 11.4 Å². The molecule has 0 spiro atoms. The van der Waals surface area contributed by atoms with E-state index in [1.165, 1.54) is 37.6 Å². The lowest BCUT2D eigenvalue weighted by atomic mass is 10.1. The first-order chi connectivity index (χ1) is 12.6. The van der Waals surface area contributed by atoms with E-state index >= 15 is 0 Å². The number of halogens is 2. The molecule has 6 nitrogen and oxygen atoms in total. The van der Waals surface area contributed by atoms with Crippen LogP contribution in [0.3, 0.4) is 0 Å². The molecule has 1 heterocycles. The number of alkyl halides is 1. The van der Waals surface area contributed by atoms with E-state index in [-0.39, 0.29) is 5.56 Å². The smallest absolute Gasteiger partial charge is 0.305 e. The van der Waals surface area contributed by atoms with E-state index in [1.54, 1.807) is 31.2 Å². The first-order valence-corrected chi connectivity index (χ1v) is 10.1. The molecule has 1 atom stereocenters. The molecule has 0 aliphatic carbocycles. The SMILES string of the molecule is CN(C(C)(Br)c1ccc(F)cc1)S(=O)(=O)NC(=O)c1coc2ccccc12. The number of carbonyl (C=O) groups is 1. The Morgan fingerprint density at radius 2 is 1.81 bits per heavy atom. The summed E-state index contributed by atoms with van der Waals surface area (Å²) in [6.07, 6.45) is 1.21. The fraction of sp³-hybridized carbons (Fsp3) is 0.167. The predicted molar refractivity (Wildman–Crippen MR) is 103 cm³/mol. The molecule has 0 aliphatic rings. The van der Waals surface area contributed by atoms with Crippen molar-refractivity contribution in [3.63, 3.8) is 0 Å². The van der Waals surface area contributed by atoms with E-state index in [9.17, 15) is 17.6 Å². The summed E-state index contributed by atoms with van der Waals surface area (Å²) in [5.74, 6) is -1.25. The Bertz CT molecular complexity index is 1090. The van der Waals surface area contributed by atoms with E-state index in [0.717, 1.165) is 4.31 Å². The van der Waals surface area contributed by atoms with Crippen LogP contribution < -0.4 is 4.72 Å². The minimum Gasteiger partial charge on any atom is -0.463 e. The van der Waals surface area contributed by atoms with E-state index in [0.29, 0.717) is 16.5 Å². The van der Waals surface area contributed by atoms with Gasteiger partial charge in [-0.15, -0.1) is 0 Å². The molecular weight excluding hydrogens is 439 g/mol. The summed E-state index contributed by atoms with van der Waals surface area (Å²) < 4.78 is 45.7. The molecule has 27 heavy (non-hydrogen) atoms. The van der Waals surface area contributed by atoms with Gasteiger partial charge < -0.3 is 4.42 Å². The molecule has 2 aromatic carbocycles. The number of hydrogen-bond donors (Lipinski definition) is 1.